The molecule has 1 rings (SSSR count). The fourth-order valence-corrected chi connectivity index (χ4v) is 1.27. The van der Waals surface area contributed by atoms with Crippen molar-refractivity contribution in [3.63, 3.8) is 0 Å². The van der Waals surface area contributed by atoms with Crippen LogP contribution in [0.25, 0.3) is 0 Å². The van der Waals surface area contributed by atoms with Crippen LogP contribution in [0.4, 0.5) is 5.69 Å². The number of phenolic OH excluding ortho intramolecular Hbond substituents is 1. The highest BCUT2D eigenvalue weighted by Crippen LogP contribution is 2.29. The Morgan fingerprint density at radius 2 is 2.24 bits per heavy atom. The standard InChI is InChI=1S/C11H14N2O4/c1-3-7(2)12-11(15)8-5-4-6-9(10(8)14)13(16)17/h4-7,14H,3H2,1-2H3,(H,12,15). The monoisotopic (exact) mass is 238 g/mol. The molecule has 0 aliphatic rings. The number of nitrogens with zero attached hydrogens (tertiary/aromatic N) is 1. The second-order valence-electron chi connectivity index (χ2n) is 3.71. The molecule has 0 saturated heterocycles. The average Bonchev–Trinajstić information content (AvgIpc) is 2.28. The molecular weight excluding hydrogens is 224 g/mol. The molecule has 0 aliphatic carbocycles. The summed E-state index contributed by atoms with van der Waals surface area (Å²) >= 11 is 0. The van der Waals surface area contributed by atoms with Crippen LogP contribution < -0.4 is 5.32 Å². The Hall–Kier alpha value is -2.11. The van der Waals surface area contributed by atoms with E-state index in [4.69, 9.17) is 0 Å². The van der Waals surface area contributed by atoms with Gasteiger partial charge in [0, 0.05) is 12.1 Å². The highest BCUT2D eigenvalue weighted by atomic mass is 16.6. The van der Waals surface area contributed by atoms with Crippen molar-refractivity contribution >= 4 is 11.6 Å². The number of phenols is 1. The maximum atomic E-state index is 11.7. The molecule has 1 unspecified atom stereocenters. The van der Waals surface area contributed by atoms with E-state index in [9.17, 15) is 20.0 Å². The first kappa shape index (κ1) is 13.0. The Morgan fingerprint density at radius 1 is 1.59 bits per heavy atom. The van der Waals surface area contributed by atoms with Gasteiger partial charge in [0.15, 0.2) is 0 Å². The van der Waals surface area contributed by atoms with Crippen LogP contribution in [0.5, 0.6) is 5.75 Å². The van der Waals surface area contributed by atoms with Gasteiger partial charge in [0.2, 0.25) is 5.75 Å². The van der Waals surface area contributed by atoms with Crippen molar-refractivity contribution in [1.29, 1.82) is 0 Å². The van der Waals surface area contributed by atoms with Crippen molar-refractivity contribution in [3.05, 3.63) is 33.9 Å². The third kappa shape index (κ3) is 2.93. The van der Waals surface area contributed by atoms with Crippen LogP contribution in [-0.2, 0) is 0 Å². The Bertz CT molecular complexity index is 445. The topological polar surface area (TPSA) is 92.5 Å². The number of nitro benzene ring substituents is 1. The summed E-state index contributed by atoms with van der Waals surface area (Å²) in [6, 6.07) is 3.81. The summed E-state index contributed by atoms with van der Waals surface area (Å²) in [5.41, 5.74) is -0.554. The Labute approximate surface area is 98.4 Å². The van der Waals surface area contributed by atoms with Gasteiger partial charge in [-0.1, -0.05) is 13.0 Å². The van der Waals surface area contributed by atoms with Gasteiger partial charge >= 0.3 is 5.69 Å². The maximum absolute atomic E-state index is 11.7. The molecule has 17 heavy (non-hydrogen) atoms. The van der Waals surface area contributed by atoms with Crippen LogP contribution in [-0.4, -0.2) is 22.0 Å². The van der Waals surface area contributed by atoms with Gasteiger partial charge in [0.05, 0.1) is 10.5 Å². The fourth-order valence-electron chi connectivity index (χ4n) is 1.27. The minimum Gasteiger partial charge on any atom is -0.502 e. The zero-order valence-corrected chi connectivity index (χ0v) is 9.64. The summed E-state index contributed by atoms with van der Waals surface area (Å²) < 4.78 is 0. The number of nitro groups is 1. The number of carbonyl (C=O) groups excluding carboxylic acids is 1. The van der Waals surface area contributed by atoms with E-state index in [0.717, 1.165) is 12.5 Å². The highest BCUT2D eigenvalue weighted by molar-refractivity contribution is 5.98. The SMILES string of the molecule is CCC(C)NC(=O)c1cccc([N+](=O)[O-])c1O. The number of amides is 1. The lowest BCUT2D eigenvalue weighted by molar-refractivity contribution is -0.385. The number of rotatable bonds is 4. The van der Waals surface area contributed by atoms with Crippen LogP contribution in [0.1, 0.15) is 30.6 Å². The number of aromatic hydroxyl groups is 1. The molecule has 1 aromatic rings. The molecule has 6 heteroatoms. The molecule has 0 bridgehead atoms. The van der Waals surface area contributed by atoms with Crippen LogP contribution >= 0.6 is 0 Å². The minimum atomic E-state index is -0.727. The van der Waals surface area contributed by atoms with E-state index in [0.29, 0.717) is 0 Å². The number of para-hydroxylation sites is 1. The molecule has 6 nitrogen and oxygen atoms in total. The molecule has 0 radical (unpaired) electrons. The molecule has 0 aromatic heterocycles. The first-order chi connectivity index (χ1) is 7.97. The predicted octanol–water partition coefficient (Wildman–Crippen LogP) is 1.83. The Kier molecular flexibility index (Phi) is 4.03. The van der Waals surface area contributed by atoms with Gasteiger partial charge in [-0.05, 0) is 19.4 Å². The minimum absolute atomic E-state index is 0.0545. The van der Waals surface area contributed by atoms with Gasteiger partial charge in [0.25, 0.3) is 5.91 Å². The molecule has 0 heterocycles. The van der Waals surface area contributed by atoms with Crippen molar-refractivity contribution in [2.45, 2.75) is 26.3 Å². The molecule has 0 spiro atoms. The highest BCUT2D eigenvalue weighted by Gasteiger charge is 2.21. The van der Waals surface area contributed by atoms with Crippen LogP contribution in [0.15, 0.2) is 18.2 Å². The molecule has 1 aromatic carbocycles. The second-order valence-corrected chi connectivity index (χ2v) is 3.71. The molecule has 1 amide bonds. The smallest absolute Gasteiger partial charge is 0.311 e. The van der Waals surface area contributed by atoms with Gasteiger partial charge in [0.1, 0.15) is 0 Å². The van der Waals surface area contributed by atoms with E-state index in [2.05, 4.69) is 5.32 Å². The van der Waals surface area contributed by atoms with Crippen molar-refractivity contribution < 1.29 is 14.8 Å². The van der Waals surface area contributed by atoms with E-state index >= 15 is 0 Å². The number of carbonyl (C=O) groups is 1. The zero-order valence-electron chi connectivity index (χ0n) is 9.64. The van der Waals surface area contributed by atoms with Crippen molar-refractivity contribution in [2.75, 3.05) is 0 Å². The zero-order chi connectivity index (χ0) is 13.0. The van der Waals surface area contributed by atoms with E-state index in [-0.39, 0.29) is 11.6 Å². The summed E-state index contributed by atoms with van der Waals surface area (Å²) in [6.45, 7) is 3.71. The van der Waals surface area contributed by atoms with Crippen molar-refractivity contribution in [3.8, 4) is 5.75 Å². The lowest BCUT2D eigenvalue weighted by Gasteiger charge is -2.11. The van der Waals surface area contributed by atoms with E-state index in [1.165, 1.54) is 12.1 Å². The number of benzene rings is 1. The van der Waals surface area contributed by atoms with Crippen molar-refractivity contribution in [1.82, 2.24) is 5.32 Å². The molecular formula is C11H14N2O4. The number of hydrogen-bond donors (Lipinski definition) is 2. The van der Waals surface area contributed by atoms with Crippen LogP contribution in [0.2, 0.25) is 0 Å². The van der Waals surface area contributed by atoms with Crippen LogP contribution in [0.3, 0.4) is 0 Å². The summed E-state index contributed by atoms with van der Waals surface area (Å²) in [6.07, 6.45) is 0.738. The van der Waals surface area contributed by atoms with Crippen molar-refractivity contribution in [2.24, 2.45) is 0 Å². The second kappa shape index (κ2) is 5.29. The lowest BCUT2D eigenvalue weighted by Crippen LogP contribution is -2.31. The first-order valence-electron chi connectivity index (χ1n) is 5.24. The Balaban J connectivity index is 3.02. The molecule has 2 N–H and O–H groups in total. The molecule has 0 fully saturated rings. The lowest BCUT2D eigenvalue weighted by atomic mass is 10.1. The molecule has 0 saturated carbocycles. The van der Waals surface area contributed by atoms with E-state index < -0.39 is 22.3 Å². The quantitative estimate of drug-likeness (QED) is 0.618. The summed E-state index contributed by atoms with van der Waals surface area (Å²) in [4.78, 5) is 21.6. The summed E-state index contributed by atoms with van der Waals surface area (Å²) in [5.74, 6) is -1.11. The van der Waals surface area contributed by atoms with Gasteiger partial charge in [-0.3, -0.25) is 14.9 Å². The van der Waals surface area contributed by atoms with Crippen LogP contribution in [0, 0.1) is 10.1 Å². The van der Waals surface area contributed by atoms with E-state index in [1.54, 1.807) is 0 Å². The Morgan fingerprint density at radius 3 is 2.76 bits per heavy atom. The van der Waals surface area contributed by atoms with Gasteiger partial charge in [-0.25, -0.2) is 0 Å². The molecule has 1 atom stereocenters. The first-order valence-corrected chi connectivity index (χ1v) is 5.24. The third-order valence-corrected chi connectivity index (χ3v) is 2.45. The van der Waals surface area contributed by atoms with E-state index in [1.807, 2.05) is 13.8 Å². The molecule has 0 aliphatic heterocycles. The van der Waals surface area contributed by atoms with Gasteiger partial charge in [-0.2, -0.15) is 0 Å². The number of hydrogen-bond acceptors (Lipinski definition) is 4. The normalized spacial score (nSPS) is 11.9. The van der Waals surface area contributed by atoms with Gasteiger partial charge < -0.3 is 10.4 Å². The predicted molar refractivity (Wildman–Crippen MR) is 62.0 cm³/mol. The number of nitrogens with one attached hydrogen (secondary N) is 1. The third-order valence-electron chi connectivity index (χ3n) is 2.45. The average molecular weight is 238 g/mol. The summed E-state index contributed by atoms with van der Waals surface area (Å²) in [7, 11) is 0. The largest absolute Gasteiger partial charge is 0.502 e. The maximum Gasteiger partial charge on any atom is 0.311 e. The fraction of sp³-hybridized carbons (Fsp3) is 0.364. The summed E-state index contributed by atoms with van der Waals surface area (Å²) in [5, 5.41) is 22.8. The molecule has 92 valence electrons. The van der Waals surface area contributed by atoms with Gasteiger partial charge in [-0.15, -0.1) is 0 Å².